The smallest absolute Gasteiger partial charge is 0.0625 e. The Hall–Kier alpha value is -1.61. The van der Waals surface area contributed by atoms with Gasteiger partial charge in [-0.1, -0.05) is 43.7 Å². The van der Waals surface area contributed by atoms with Crippen molar-refractivity contribution < 1.29 is 0 Å². The average Bonchev–Trinajstić information content (AvgIpc) is 2.85. The Bertz CT molecular complexity index is 572. The summed E-state index contributed by atoms with van der Waals surface area (Å²) in [6, 6.07) is 11.3. The Labute approximate surface area is 128 Å². The van der Waals surface area contributed by atoms with Gasteiger partial charge in [0, 0.05) is 7.05 Å². The molecule has 3 heteroatoms. The van der Waals surface area contributed by atoms with E-state index in [2.05, 4.69) is 61.5 Å². The zero-order valence-electron chi connectivity index (χ0n) is 13.7. The monoisotopic (exact) mass is 285 g/mol. The number of hydrogen-bond acceptors (Lipinski definition) is 2. The van der Waals surface area contributed by atoms with Gasteiger partial charge in [-0.25, -0.2) is 0 Å². The first-order valence-corrected chi connectivity index (χ1v) is 7.95. The molecule has 1 N–H and O–H groups in total. The third-order valence-corrected chi connectivity index (χ3v) is 3.85. The van der Waals surface area contributed by atoms with Crippen LogP contribution in [0, 0.1) is 6.92 Å². The molecule has 0 spiro atoms. The molecule has 21 heavy (non-hydrogen) atoms. The van der Waals surface area contributed by atoms with E-state index in [4.69, 9.17) is 0 Å². The fourth-order valence-electron chi connectivity index (χ4n) is 2.72. The summed E-state index contributed by atoms with van der Waals surface area (Å²) in [7, 11) is 2.05. The van der Waals surface area contributed by atoms with E-state index in [0.717, 1.165) is 25.8 Å². The number of nitrogens with zero attached hydrogens (tertiary/aromatic N) is 2. The molecule has 1 heterocycles. The molecule has 0 amide bonds. The molecule has 0 radical (unpaired) electrons. The maximum Gasteiger partial charge on any atom is 0.0625 e. The zero-order valence-corrected chi connectivity index (χ0v) is 13.7. The number of benzene rings is 1. The van der Waals surface area contributed by atoms with Crippen molar-refractivity contribution in [2.45, 2.75) is 46.1 Å². The van der Waals surface area contributed by atoms with E-state index in [-0.39, 0.29) is 0 Å². The van der Waals surface area contributed by atoms with Crippen LogP contribution in [0.1, 0.15) is 48.8 Å². The molecule has 114 valence electrons. The summed E-state index contributed by atoms with van der Waals surface area (Å²) in [4.78, 5) is 0. The van der Waals surface area contributed by atoms with Crippen LogP contribution in [0.5, 0.6) is 0 Å². The van der Waals surface area contributed by atoms with Crippen LogP contribution in [0.4, 0.5) is 0 Å². The fraction of sp³-hybridized carbons (Fsp3) is 0.500. The summed E-state index contributed by atoms with van der Waals surface area (Å²) in [6.07, 6.45) is 3.13. The largest absolute Gasteiger partial charge is 0.308 e. The van der Waals surface area contributed by atoms with Crippen molar-refractivity contribution in [3.63, 3.8) is 0 Å². The lowest BCUT2D eigenvalue weighted by atomic mass is 10.0. The van der Waals surface area contributed by atoms with Gasteiger partial charge in [0.2, 0.25) is 0 Å². The van der Waals surface area contributed by atoms with Crippen molar-refractivity contribution in [3.8, 4) is 0 Å². The van der Waals surface area contributed by atoms with E-state index in [1.807, 2.05) is 11.7 Å². The summed E-state index contributed by atoms with van der Waals surface area (Å²) < 4.78 is 2.03. The predicted octanol–water partition coefficient (Wildman–Crippen LogP) is 3.57. The molecule has 3 nitrogen and oxygen atoms in total. The van der Waals surface area contributed by atoms with Crippen molar-refractivity contribution in [2.75, 3.05) is 6.54 Å². The minimum absolute atomic E-state index is 0.324. The molecule has 0 aliphatic rings. The minimum Gasteiger partial charge on any atom is -0.308 e. The van der Waals surface area contributed by atoms with Crippen molar-refractivity contribution >= 4 is 0 Å². The second-order valence-electron chi connectivity index (χ2n) is 5.74. The van der Waals surface area contributed by atoms with Gasteiger partial charge in [0.05, 0.1) is 17.4 Å². The zero-order chi connectivity index (χ0) is 15.2. The van der Waals surface area contributed by atoms with Crippen LogP contribution in [-0.2, 0) is 19.9 Å². The molecule has 0 aliphatic carbocycles. The first kappa shape index (κ1) is 15.8. The van der Waals surface area contributed by atoms with Crippen LogP contribution in [0.2, 0.25) is 0 Å². The molecule has 0 saturated heterocycles. The summed E-state index contributed by atoms with van der Waals surface area (Å²) in [5, 5.41) is 8.27. The van der Waals surface area contributed by atoms with Crippen LogP contribution < -0.4 is 5.32 Å². The second kappa shape index (κ2) is 7.41. The lowest BCUT2D eigenvalue weighted by Crippen LogP contribution is -2.26. The van der Waals surface area contributed by atoms with Gasteiger partial charge >= 0.3 is 0 Å². The first-order chi connectivity index (χ1) is 10.1. The normalized spacial score (nSPS) is 12.6. The standard InChI is InChI=1S/C18H27N3/c1-5-10-19-17(12-15-9-7-8-14(3)11-15)18-13-16(6-2)20-21(18)4/h7-9,11,13,17,19H,5-6,10,12H2,1-4H3. The maximum atomic E-state index is 4.59. The minimum atomic E-state index is 0.324. The highest BCUT2D eigenvalue weighted by molar-refractivity contribution is 5.25. The molecule has 0 saturated carbocycles. The van der Waals surface area contributed by atoms with E-state index in [1.165, 1.54) is 22.5 Å². The van der Waals surface area contributed by atoms with E-state index in [1.54, 1.807) is 0 Å². The summed E-state index contributed by atoms with van der Waals surface area (Å²) in [5.41, 5.74) is 5.14. The Morgan fingerprint density at radius 3 is 2.67 bits per heavy atom. The Kier molecular flexibility index (Phi) is 5.57. The van der Waals surface area contributed by atoms with Crippen molar-refractivity contribution in [3.05, 3.63) is 52.8 Å². The van der Waals surface area contributed by atoms with Gasteiger partial charge in [0.25, 0.3) is 0 Å². The number of hydrogen-bond donors (Lipinski definition) is 1. The molecule has 0 aliphatic heterocycles. The second-order valence-corrected chi connectivity index (χ2v) is 5.74. The van der Waals surface area contributed by atoms with Crippen LogP contribution in [-0.4, -0.2) is 16.3 Å². The van der Waals surface area contributed by atoms with E-state index >= 15 is 0 Å². The Balaban J connectivity index is 2.22. The lowest BCUT2D eigenvalue weighted by molar-refractivity contribution is 0.493. The number of rotatable bonds is 7. The number of aromatic nitrogens is 2. The third-order valence-electron chi connectivity index (χ3n) is 3.85. The van der Waals surface area contributed by atoms with Gasteiger partial charge in [-0.2, -0.15) is 5.10 Å². The number of aryl methyl sites for hydroxylation is 3. The molecule has 1 atom stereocenters. The predicted molar refractivity (Wildman–Crippen MR) is 88.5 cm³/mol. The van der Waals surface area contributed by atoms with Gasteiger partial charge in [-0.15, -0.1) is 0 Å². The molecule has 1 unspecified atom stereocenters. The van der Waals surface area contributed by atoms with Crippen LogP contribution >= 0.6 is 0 Å². The quantitative estimate of drug-likeness (QED) is 0.843. The van der Waals surface area contributed by atoms with Gasteiger partial charge < -0.3 is 5.32 Å². The molecule has 2 rings (SSSR count). The van der Waals surface area contributed by atoms with Gasteiger partial charge in [-0.3, -0.25) is 4.68 Å². The van der Waals surface area contributed by atoms with Crippen LogP contribution in [0.15, 0.2) is 30.3 Å². The molecule has 2 aromatic rings. The van der Waals surface area contributed by atoms with Gasteiger partial charge in [0.1, 0.15) is 0 Å². The van der Waals surface area contributed by atoms with Crippen molar-refractivity contribution in [1.82, 2.24) is 15.1 Å². The highest BCUT2D eigenvalue weighted by Crippen LogP contribution is 2.20. The summed E-state index contributed by atoms with van der Waals surface area (Å²) >= 11 is 0. The topological polar surface area (TPSA) is 29.9 Å². The molecular weight excluding hydrogens is 258 g/mol. The van der Waals surface area contributed by atoms with Crippen LogP contribution in [0.25, 0.3) is 0 Å². The first-order valence-electron chi connectivity index (χ1n) is 7.95. The van der Waals surface area contributed by atoms with E-state index < -0.39 is 0 Å². The number of nitrogens with one attached hydrogen (secondary N) is 1. The van der Waals surface area contributed by atoms with Crippen LogP contribution in [0.3, 0.4) is 0 Å². The highest BCUT2D eigenvalue weighted by Gasteiger charge is 2.16. The Morgan fingerprint density at radius 2 is 2.05 bits per heavy atom. The summed E-state index contributed by atoms with van der Waals surface area (Å²) in [6.45, 7) is 7.54. The lowest BCUT2D eigenvalue weighted by Gasteiger charge is -2.19. The molecule has 0 fully saturated rings. The molecular formula is C18H27N3. The summed E-state index contributed by atoms with van der Waals surface area (Å²) in [5.74, 6) is 0. The average molecular weight is 285 g/mol. The van der Waals surface area contributed by atoms with E-state index in [9.17, 15) is 0 Å². The SMILES string of the molecule is CCCNC(Cc1cccc(C)c1)c1cc(CC)nn1C. The van der Waals surface area contributed by atoms with Crippen molar-refractivity contribution in [1.29, 1.82) is 0 Å². The molecule has 1 aromatic heterocycles. The Morgan fingerprint density at radius 1 is 1.24 bits per heavy atom. The molecule has 0 bridgehead atoms. The van der Waals surface area contributed by atoms with Gasteiger partial charge in [-0.05, 0) is 44.4 Å². The third kappa shape index (κ3) is 4.18. The van der Waals surface area contributed by atoms with E-state index in [0.29, 0.717) is 6.04 Å². The highest BCUT2D eigenvalue weighted by atomic mass is 15.3. The maximum absolute atomic E-state index is 4.59. The van der Waals surface area contributed by atoms with Crippen molar-refractivity contribution in [2.24, 2.45) is 7.05 Å². The molecule has 1 aromatic carbocycles. The fourth-order valence-corrected chi connectivity index (χ4v) is 2.72. The van der Waals surface area contributed by atoms with Gasteiger partial charge in [0.15, 0.2) is 0 Å².